The summed E-state index contributed by atoms with van der Waals surface area (Å²) in [5.74, 6) is -2.68. The van der Waals surface area contributed by atoms with E-state index in [-0.39, 0.29) is 5.39 Å². The Bertz CT molecular complexity index is 866. The van der Waals surface area contributed by atoms with Crippen molar-refractivity contribution in [3.63, 3.8) is 0 Å². The second-order valence-corrected chi connectivity index (χ2v) is 4.71. The van der Waals surface area contributed by atoms with Crippen LogP contribution in [0.5, 0.6) is 5.75 Å². The van der Waals surface area contributed by atoms with Crippen LogP contribution >= 0.6 is 0 Å². The smallest absolute Gasteiger partial charge is 0.455 e. The van der Waals surface area contributed by atoms with Crippen LogP contribution in [0.1, 0.15) is 10.4 Å². The van der Waals surface area contributed by atoms with Crippen molar-refractivity contribution in [2.75, 3.05) is 0 Å². The van der Waals surface area contributed by atoms with Crippen molar-refractivity contribution < 1.29 is 23.1 Å². The lowest BCUT2D eigenvalue weighted by Crippen LogP contribution is -2.22. The molecule has 21 heavy (non-hydrogen) atoms. The van der Waals surface area contributed by atoms with E-state index in [1.54, 1.807) is 24.3 Å². The molecule has 0 bridgehead atoms. The SMILES string of the molecule is O=C(c1ccc2cc3ccccc3cc2c1O)C(F)(F)F. The number of Topliss-reactive ketones (excluding diaryl/α,β-unsaturated/α-hetero) is 1. The quantitative estimate of drug-likeness (QED) is 0.531. The highest BCUT2D eigenvalue weighted by Gasteiger charge is 2.40. The van der Waals surface area contributed by atoms with E-state index in [0.717, 1.165) is 16.8 Å². The van der Waals surface area contributed by atoms with Crippen LogP contribution in [-0.2, 0) is 0 Å². The van der Waals surface area contributed by atoms with Crippen molar-refractivity contribution in [2.24, 2.45) is 0 Å². The number of hydrogen-bond acceptors (Lipinski definition) is 2. The zero-order valence-electron chi connectivity index (χ0n) is 10.6. The highest BCUT2D eigenvalue weighted by molar-refractivity contribution is 6.09. The lowest BCUT2D eigenvalue weighted by atomic mass is 9.99. The summed E-state index contributed by atoms with van der Waals surface area (Å²) in [4.78, 5) is 11.3. The summed E-state index contributed by atoms with van der Waals surface area (Å²) < 4.78 is 37.5. The number of fused-ring (bicyclic) bond motifs is 2. The van der Waals surface area contributed by atoms with Gasteiger partial charge in [-0.2, -0.15) is 13.2 Å². The number of aromatic hydroxyl groups is 1. The molecule has 0 atom stereocenters. The minimum atomic E-state index is -5.01. The van der Waals surface area contributed by atoms with Crippen molar-refractivity contribution in [1.82, 2.24) is 0 Å². The fourth-order valence-corrected chi connectivity index (χ4v) is 2.33. The van der Waals surface area contributed by atoms with Crippen LogP contribution in [0.4, 0.5) is 13.2 Å². The maximum atomic E-state index is 12.5. The zero-order valence-corrected chi connectivity index (χ0v) is 10.6. The molecule has 0 heterocycles. The van der Waals surface area contributed by atoms with Crippen LogP contribution in [0.25, 0.3) is 21.5 Å². The molecule has 0 saturated heterocycles. The Morgan fingerprint density at radius 2 is 1.52 bits per heavy atom. The number of alkyl halides is 3. The van der Waals surface area contributed by atoms with E-state index in [0.29, 0.717) is 5.39 Å². The van der Waals surface area contributed by atoms with E-state index in [9.17, 15) is 23.1 Å². The summed E-state index contributed by atoms with van der Waals surface area (Å²) in [7, 11) is 0. The van der Waals surface area contributed by atoms with Crippen LogP contribution in [0.15, 0.2) is 48.5 Å². The number of carbonyl (C=O) groups is 1. The summed E-state index contributed by atoms with van der Waals surface area (Å²) in [6, 6.07) is 13.0. The highest BCUT2D eigenvalue weighted by Crippen LogP contribution is 2.35. The molecule has 5 heteroatoms. The standard InChI is InChI=1S/C16H9F3O2/c17-16(18,19)15(21)12-6-5-11-7-9-3-1-2-4-10(9)8-13(11)14(12)20/h1-8,20H. The first-order chi connectivity index (χ1) is 9.88. The molecule has 3 aromatic rings. The van der Waals surface area contributed by atoms with E-state index in [4.69, 9.17) is 0 Å². The summed E-state index contributed by atoms with van der Waals surface area (Å²) in [6.45, 7) is 0. The Labute approximate surface area is 117 Å². The second kappa shape index (κ2) is 4.48. The van der Waals surface area contributed by atoms with E-state index in [1.165, 1.54) is 6.07 Å². The van der Waals surface area contributed by atoms with Gasteiger partial charge in [-0.25, -0.2) is 0 Å². The van der Waals surface area contributed by atoms with E-state index < -0.39 is 23.3 Å². The fourth-order valence-electron chi connectivity index (χ4n) is 2.33. The first-order valence-electron chi connectivity index (χ1n) is 6.14. The van der Waals surface area contributed by atoms with Gasteiger partial charge in [-0.1, -0.05) is 30.3 Å². The Hall–Kier alpha value is -2.56. The number of carbonyl (C=O) groups excluding carboxylic acids is 1. The maximum absolute atomic E-state index is 12.5. The first-order valence-corrected chi connectivity index (χ1v) is 6.14. The molecule has 0 spiro atoms. The molecule has 0 fully saturated rings. The normalized spacial score (nSPS) is 12.0. The molecular formula is C16H9F3O2. The topological polar surface area (TPSA) is 37.3 Å². The van der Waals surface area contributed by atoms with Gasteiger partial charge in [0.15, 0.2) is 0 Å². The highest BCUT2D eigenvalue weighted by atomic mass is 19.4. The molecular weight excluding hydrogens is 281 g/mol. The molecule has 3 aromatic carbocycles. The van der Waals surface area contributed by atoms with Crippen LogP contribution in [0.3, 0.4) is 0 Å². The van der Waals surface area contributed by atoms with Crippen molar-refractivity contribution >= 4 is 27.3 Å². The molecule has 0 radical (unpaired) electrons. The molecule has 0 aliphatic carbocycles. The summed E-state index contributed by atoms with van der Waals surface area (Å²) in [6.07, 6.45) is -5.01. The maximum Gasteiger partial charge on any atom is 0.455 e. The third-order valence-corrected chi connectivity index (χ3v) is 3.36. The lowest BCUT2D eigenvalue weighted by Gasteiger charge is -2.10. The molecule has 0 aliphatic heterocycles. The first kappa shape index (κ1) is 13.4. The Balaban J connectivity index is 2.29. The summed E-state index contributed by atoms with van der Waals surface area (Å²) >= 11 is 0. The molecule has 0 unspecified atom stereocenters. The van der Waals surface area contributed by atoms with Gasteiger partial charge in [0.05, 0.1) is 5.56 Å². The van der Waals surface area contributed by atoms with E-state index in [1.807, 2.05) is 12.1 Å². The number of phenolic OH excluding ortho intramolecular Hbond substituents is 1. The molecule has 0 amide bonds. The van der Waals surface area contributed by atoms with Gasteiger partial charge < -0.3 is 5.11 Å². The number of halogens is 3. The van der Waals surface area contributed by atoms with Crippen molar-refractivity contribution in [3.8, 4) is 5.75 Å². The molecule has 0 aliphatic rings. The molecule has 0 aromatic heterocycles. The van der Waals surface area contributed by atoms with Crippen molar-refractivity contribution in [3.05, 3.63) is 54.1 Å². The minimum Gasteiger partial charge on any atom is -0.507 e. The Morgan fingerprint density at radius 1 is 0.905 bits per heavy atom. The summed E-state index contributed by atoms with van der Waals surface area (Å²) in [5, 5.41) is 12.5. The van der Waals surface area contributed by atoms with Crippen molar-refractivity contribution in [2.45, 2.75) is 6.18 Å². The average Bonchev–Trinajstić information content (AvgIpc) is 2.44. The minimum absolute atomic E-state index is 0.226. The molecule has 1 N–H and O–H groups in total. The van der Waals surface area contributed by atoms with Crippen LogP contribution in [-0.4, -0.2) is 17.1 Å². The summed E-state index contributed by atoms with van der Waals surface area (Å²) in [5.41, 5.74) is -0.731. The Morgan fingerprint density at radius 3 is 2.14 bits per heavy atom. The molecule has 106 valence electrons. The predicted molar refractivity (Wildman–Crippen MR) is 73.5 cm³/mol. The zero-order chi connectivity index (χ0) is 15.2. The Kier molecular flexibility index (Phi) is 2.86. The number of phenols is 1. The van der Waals surface area contributed by atoms with Crippen molar-refractivity contribution in [1.29, 1.82) is 0 Å². The van der Waals surface area contributed by atoms with Crippen LogP contribution < -0.4 is 0 Å². The van der Waals surface area contributed by atoms with Gasteiger partial charge in [-0.15, -0.1) is 0 Å². The number of ketones is 1. The number of hydrogen-bond donors (Lipinski definition) is 1. The largest absolute Gasteiger partial charge is 0.507 e. The lowest BCUT2D eigenvalue weighted by molar-refractivity contribution is -0.0886. The van der Waals surface area contributed by atoms with Crippen LogP contribution in [0, 0.1) is 0 Å². The van der Waals surface area contributed by atoms with Gasteiger partial charge in [0.2, 0.25) is 0 Å². The third kappa shape index (κ3) is 2.20. The second-order valence-electron chi connectivity index (χ2n) is 4.71. The number of benzene rings is 3. The third-order valence-electron chi connectivity index (χ3n) is 3.36. The van der Waals surface area contributed by atoms with Crippen LogP contribution in [0.2, 0.25) is 0 Å². The van der Waals surface area contributed by atoms with Gasteiger partial charge in [-0.3, -0.25) is 4.79 Å². The number of rotatable bonds is 1. The van der Waals surface area contributed by atoms with E-state index >= 15 is 0 Å². The van der Waals surface area contributed by atoms with Gasteiger partial charge in [0.1, 0.15) is 5.75 Å². The van der Waals surface area contributed by atoms with E-state index in [2.05, 4.69) is 0 Å². The molecule has 0 saturated carbocycles. The molecule has 2 nitrogen and oxygen atoms in total. The van der Waals surface area contributed by atoms with Gasteiger partial charge >= 0.3 is 6.18 Å². The monoisotopic (exact) mass is 290 g/mol. The van der Waals surface area contributed by atoms with Gasteiger partial charge in [0, 0.05) is 5.39 Å². The fraction of sp³-hybridized carbons (Fsp3) is 0.0625. The predicted octanol–water partition coefficient (Wildman–Crippen LogP) is 4.44. The molecule has 3 rings (SSSR count). The van der Waals surface area contributed by atoms with Gasteiger partial charge in [0.25, 0.3) is 5.78 Å². The van der Waals surface area contributed by atoms with Gasteiger partial charge in [-0.05, 0) is 34.4 Å². The average molecular weight is 290 g/mol.